The van der Waals surface area contributed by atoms with Crippen LogP contribution in [-0.4, -0.2) is 22.3 Å². The predicted octanol–water partition coefficient (Wildman–Crippen LogP) is 2.66. The van der Waals surface area contributed by atoms with E-state index in [0.29, 0.717) is 13.2 Å². The molecule has 3 aromatic rings. The lowest BCUT2D eigenvalue weighted by atomic mass is 10.0. The molecule has 1 amide bonds. The van der Waals surface area contributed by atoms with Gasteiger partial charge in [-0.05, 0) is 29.8 Å². The second kappa shape index (κ2) is 6.20. The fourth-order valence-electron chi connectivity index (χ4n) is 2.88. The summed E-state index contributed by atoms with van der Waals surface area (Å²) in [6, 6.07) is 17.6. The minimum Gasteiger partial charge on any atom is -0.492 e. The van der Waals surface area contributed by atoms with Gasteiger partial charge >= 0.3 is 0 Å². The van der Waals surface area contributed by atoms with Crippen LogP contribution in [0.1, 0.15) is 17.0 Å². The summed E-state index contributed by atoms with van der Waals surface area (Å²) >= 11 is 0. The summed E-state index contributed by atoms with van der Waals surface area (Å²) in [6.45, 7) is 0.903. The molecular formula is C19H17N3O2. The Morgan fingerprint density at radius 1 is 1.17 bits per heavy atom. The highest BCUT2D eigenvalue weighted by atomic mass is 16.5. The van der Waals surface area contributed by atoms with E-state index in [9.17, 15) is 4.79 Å². The Balaban J connectivity index is 1.39. The summed E-state index contributed by atoms with van der Waals surface area (Å²) in [5.74, 6) is 0.571. The summed E-state index contributed by atoms with van der Waals surface area (Å²) in [5.41, 5.74) is 3.00. The molecule has 0 aliphatic carbocycles. The van der Waals surface area contributed by atoms with E-state index in [1.807, 2.05) is 60.8 Å². The van der Waals surface area contributed by atoms with Crippen molar-refractivity contribution in [2.45, 2.75) is 12.5 Å². The minimum absolute atomic E-state index is 0.00361. The van der Waals surface area contributed by atoms with Gasteiger partial charge in [-0.25, -0.2) is 4.68 Å². The van der Waals surface area contributed by atoms with Gasteiger partial charge in [-0.1, -0.05) is 30.3 Å². The number of para-hydroxylation sites is 1. The number of amides is 1. The molecule has 0 saturated heterocycles. The van der Waals surface area contributed by atoms with Crippen molar-refractivity contribution in [3.8, 4) is 11.4 Å². The van der Waals surface area contributed by atoms with Crippen LogP contribution in [0.15, 0.2) is 67.0 Å². The number of nitrogens with one attached hydrogen (secondary N) is 1. The van der Waals surface area contributed by atoms with Gasteiger partial charge in [-0.3, -0.25) is 4.79 Å². The van der Waals surface area contributed by atoms with Crippen molar-refractivity contribution in [3.63, 3.8) is 0 Å². The maximum absolute atomic E-state index is 12.4. The van der Waals surface area contributed by atoms with E-state index in [0.717, 1.165) is 22.6 Å². The zero-order chi connectivity index (χ0) is 16.4. The second-order valence-corrected chi connectivity index (χ2v) is 5.74. The Labute approximate surface area is 139 Å². The van der Waals surface area contributed by atoms with Crippen LogP contribution in [0.4, 0.5) is 0 Å². The Morgan fingerprint density at radius 2 is 2.00 bits per heavy atom. The first kappa shape index (κ1) is 14.5. The summed E-state index contributed by atoms with van der Waals surface area (Å²) in [6.07, 6.45) is 3.64. The molecule has 120 valence electrons. The third-order valence-electron chi connectivity index (χ3n) is 4.19. The van der Waals surface area contributed by atoms with Crippen molar-refractivity contribution in [1.82, 2.24) is 15.1 Å². The Kier molecular flexibility index (Phi) is 3.75. The fraction of sp³-hybridized carbons (Fsp3) is 0.158. The third-order valence-corrected chi connectivity index (χ3v) is 4.19. The number of aromatic nitrogens is 2. The zero-order valence-electron chi connectivity index (χ0n) is 13.1. The average Bonchev–Trinajstić information content (AvgIpc) is 3.30. The van der Waals surface area contributed by atoms with Crippen molar-refractivity contribution in [3.05, 3.63) is 78.1 Å². The largest absolute Gasteiger partial charge is 0.492 e. The molecule has 5 nitrogen and oxygen atoms in total. The minimum atomic E-state index is -0.232. The molecule has 5 heteroatoms. The molecule has 1 aliphatic rings. The van der Waals surface area contributed by atoms with Crippen LogP contribution >= 0.6 is 0 Å². The van der Waals surface area contributed by atoms with Gasteiger partial charge in [0.15, 0.2) is 0 Å². The summed E-state index contributed by atoms with van der Waals surface area (Å²) in [4.78, 5) is 12.4. The van der Waals surface area contributed by atoms with E-state index in [1.54, 1.807) is 10.9 Å². The summed E-state index contributed by atoms with van der Waals surface area (Å²) < 4.78 is 7.37. The van der Waals surface area contributed by atoms with Gasteiger partial charge in [0, 0.05) is 24.5 Å². The maximum Gasteiger partial charge on any atom is 0.231 e. The van der Waals surface area contributed by atoms with Gasteiger partial charge in [-0.2, -0.15) is 5.10 Å². The molecule has 1 atom stereocenters. The molecule has 1 aromatic heterocycles. The van der Waals surface area contributed by atoms with E-state index in [-0.39, 0.29) is 11.8 Å². The molecule has 1 N–H and O–H groups in total. The third kappa shape index (κ3) is 2.76. The Bertz CT molecular complexity index is 841. The van der Waals surface area contributed by atoms with Gasteiger partial charge in [0.1, 0.15) is 18.3 Å². The van der Waals surface area contributed by atoms with Crippen LogP contribution in [0.2, 0.25) is 0 Å². The first-order valence-electron chi connectivity index (χ1n) is 7.90. The van der Waals surface area contributed by atoms with E-state index in [2.05, 4.69) is 10.4 Å². The molecule has 2 aromatic carbocycles. The van der Waals surface area contributed by atoms with Gasteiger partial charge in [0.2, 0.25) is 5.91 Å². The molecule has 0 bridgehead atoms. The number of benzene rings is 2. The number of nitrogens with zero attached hydrogens (tertiary/aromatic N) is 2. The molecule has 0 fully saturated rings. The fourth-order valence-corrected chi connectivity index (χ4v) is 2.88. The highest BCUT2D eigenvalue weighted by molar-refractivity contribution is 5.85. The number of hydrogen-bond donors (Lipinski definition) is 1. The van der Waals surface area contributed by atoms with E-state index in [4.69, 9.17) is 4.74 Å². The molecule has 1 unspecified atom stereocenters. The van der Waals surface area contributed by atoms with Crippen molar-refractivity contribution in [2.75, 3.05) is 6.61 Å². The average molecular weight is 319 g/mol. The van der Waals surface area contributed by atoms with Crippen molar-refractivity contribution < 1.29 is 9.53 Å². The molecule has 4 rings (SSSR count). The molecule has 24 heavy (non-hydrogen) atoms. The van der Waals surface area contributed by atoms with E-state index in [1.165, 1.54) is 0 Å². The quantitative estimate of drug-likeness (QED) is 0.804. The van der Waals surface area contributed by atoms with Crippen LogP contribution in [0, 0.1) is 0 Å². The maximum atomic E-state index is 12.4. The molecular weight excluding hydrogens is 302 g/mol. The van der Waals surface area contributed by atoms with Crippen molar-refractivity contribution in [2.24, 2.45) is 0 Å². The lowest BCUT2D eigenvalue weighted by molar-refractivity contribution is -0.122. The molecule has 0 saturated carbocycles. The van der Waals surface area contributed by atoms with Gasteiger partial charge < -0.3 is 10.1 Å². The van der Waals surface area contributed by atoms with E-state index < -0.39 is 0 Å². The normalized spacial score (nSPS) is 15.6. The SMILES string of the molecule is O=C(NCc1ccc(-n2cccn2)cc1)C1COc2ccccc21. The van der Waals surface area contributed by atoms with Crippen LogP contribution in [0.5, 0.6) is 5.75 Å². The topological polar surface area (TPSA) is 56.2 Å². The number of fused-ring (bicyclic) bond motifs is 1. The van der Waals surface area contributed by atoms with Crippen LogP contribution in [-0.2, 0) is 11.3 Å². The standard InChI is InChI=1S/C19H17N3O2/c23-19(17-13-24-18-5-2-1-4-16(17)18)20-12-14-6-8-15(9-7-14)22-11-3-10-21-22/h1-11,17H,12-13H2,(H,20,23). The van der Waals surface area contributed by atoms with Gasteiger partial charge in [0.05, 0.1) is 5.69 Å². The van der Waals surface area contributed by atoms with Crippen molar-refractivity contribution >= 4 is 5.91 Å². The first-order chi connectivity index (χ1) is 11.8. The number of carbonyl (C=O) groups is 1. The van der Waals surface area contributed by atoms with Crippen LogP contribution in [0.25, 0.3) is 5.69 Å². The van der Waals surface area contributed by atoms with Gasteiger partial charge in [-0.15, -0.1) is 0 Å². The van der Waals surface area contributed by atoms with Crippen LogP contribution < -0.4 is 10.1 Å². The number of rotatable bonds is 4. The Morgan fingerprint density at radius 3 is 2.79 bits per heavy atom. The monoisotopic (exact) mass is 319 g/mol. The second-order valence-electron chi connectivity index (χ2n) is 5.74. The number of ether oxygens (including phenoxy) is 1. The Hall–Kier alpha value is -3.08. The predicted molar refractivity (Wildman–Crippen MR) is 90.1 cm³/mol. The number of hydrogen-bond acceptors (Lipinski definition) is 3. The van der Waals surface area contributed by atoms with Crippen molar-refractivity contribution in [1.29, 1.82) is 0 Å². The smallest absolute Gasteiger partial charge is 0.231 e. The van der Waals surface area contributed by atoms with Crippen LogP contribution in [0.3, 0.4) is 0 Å². The summed E-state index contributed by atoms with van der Waals surface area (Å²) in [7, 11) is 0. The highest BCUT2D eigenvalue weighted by Crippen LogP contribution is 2.33. The molecule has 1 aliphatic heterocycles. The highest BCUT2D eigenvalue weighted by Gasteiger charge is 2.29. The molecule has 0 spiro atoms. The van der Waals surface area contributed by atoms with Gasteiger partial charge in [0.25, 0.3) is 0 Å². The zero-order valence-corrected chi connectivity index (χ0v) is 13.1. The lowest BCUT2D eigenvalue weighted by Crippen LogP contribution is -2.29. The first-order valence-corrected chi connectivity index (χ1v) is 7.90. The number of carbonyl (C=O) groups excluding carboxylic acids is 1. The summed E-state index contributed by atoms with van der Waals surface area (Å²) in [5, 5.41) is 7.19. The lowest BCUT2D eigenvalue weighted by Gasteiger charge is -2.11. The van der Waals surface area contributed by atoms with E-state index >= 15 is 0 Å². The molecule has 0 radical (unpaired) electrons. The molecule has 2 heterocycles.